The van der Waals surface area contributed by atoms with Gasteiger partial charge in [0.05, 0.1) is 17.8 Å². The lowest BCUT2D eigenvalue weighted by molar-refractivity contribution is -0.129. The van der Waals surface area contributed by atoms with Crippen molar-refractivity contribution >= 4 is 0 Å². The maximum absolute atomic E-state index is 9.24. The van der Waals surface area contributed by atoms with Crippen molar-refractivity contribution in [2.45, 2.75) is 58.3 Å². The van der Waals surface area contributed by atoms with E-state index in [4.69, 9.17) is 4.74 Å². The lowest BCUT2D eigenvalue weighted by Gasteiger charge is -2.42. The van der Waals surface area contributed by atoms with Crippen LogP contribution in [0.3, 0.4) is 0 Å². The summed E-state index contributed by atoms with van der Waals surface area (Å²) < 4.78 is 5.89. The number of hydrogen-bond donors (Lipinski definition) is 1. The number of morpholine rings is 1. The van der Waals surface area contributed by atoms with E-state index >= 15 is 0 Å². The highest BCUT2D eigenvalue weighted by atomic mass is 16.5. The molecule has 2 atom stereocenters. The lowest BCUT2D eigenvalue weighted by atomic mass is 9.98. The Balaban J connectivity index is 2.50. The van der Waals surface area contributed by atoms with Gasteiger partial charge in [0, 0.05) is 19.6 Å². The largest absolute Gasteiger partial charge is 0.370 e. The molecule has 0 aromatic heterocycles. The molecule has 0 aromatic carbocycles. The van der Waals surface area contributed by atoms with Gasteiger partial charge in [-0.05, 0) is 40.7 Å². The molecule has 0 amide bonds. The quantitative estimate of drug-likeness (QED) is 0.811. The summed E-state index contributed by atoms with van der Waals surface area (Å²) in [7, 11) is 0. The van der Waals surface area contributed by atoms with Gasteiger partial charge in [0.25, 0.3) is 0 Å². The van der Waals surface area contributed by atoms with E-state index in [1.165, 1.54) is 0 Å². The molecule has 18 heavy (non-hydrogen) atoms. The van der Waals surface area contributed by atoms with Gasteiger partial charge in [-0.15, -0.1) is 0 Å². The molecule has 1 fully saturated rings. The summed E-state index contributed by atoms with van der Waals surface area (Å²) in [4.78, 5) is 2.40. The predicted octanol–water partition coefficient (Wildman–Crippen LogP) is 1.77. The van der Waals surface area contributed by atoms with Crippen LogP contribution in [0.2, 0.25) is 0 Å². The molecule has 0 aliphatic carbocycles. The highest BCUT2D eigenvalue weighted by molar-refractivity contribution is 5.04. The summed E-state index contributed by atoms with van der Waals surface area (Å²) in [6.45, 7) is 14.0. The van der Waals surface area contributed by atoms with E-state index < -0.39 is 5.54 Å². The first-order chi connectivity index (χ1) is 8.30. The van der Waals surface area contributed by atoms with Crippen molar-refractivity contribution in [3.63, 3.8) is 0 Å². The minimum absolute atomic E-state index is 0.0844. The molecular weight excluding hydrogens is 226 g/mol. The van der Waals surface area contributed by atoms with Gasteiger partial charge in [-0.1, -0.05) is 6.92 Å². The van der Waals surface area contributed by atoms with Gasteiger partial charge in [-0.2, -0.15) is 5.26 Å². The van der Waals surface area contributed by atoms with Crippen molar-refractivity contribution in [3.8, 4) is 6.07 Å². The Hall–Kier alpha value is -0.630. The molecule has 0 aromatic rings. The Kier molecular flexibility index (Phi) is 5.15. The maximum atomic E-state index is 9.24. The Morgan fingerprint density at radius 2 is 2.22 bits per heavy atom. The average Bonchev–Trinajstić information content (AvgIpc) is 2.24. The predicted molar refractivity (Wildman–Crippen MR) is 73.4 cm³/mol. The fourth-order valence-electron chi connectivity index (χ4n) is 2.71. The second-order valence-corrected chi connectivity index (χ2v) is 6.15. The number of nitriles is 1. The molecule has 0 radical (unpaired) electrons. The van der Waals surface area contributed by atoms with Gasteiger partial charge < -0.3 is 4.74 Å². The third kappa shape index (κ3) is 4.56. The van der Waals surface area contributed by atoms with E-state index in [2.05, 4.69) is 37.1 Å². The van der Waals surface area contributed by atoms with Crippen molar-refractivity contribution < 1.29 is 4.74 Å². The van der Waals surface area contributed by atoms with Crippen molar-refractivity contribution in [1.29, 1.82) is 5.26 Å². The molecule has 1 heterocycles. The van der Waals surface area contributed by atoms with E-state index in [1.807, 2.05) is 13.8 Å². The SMILES string of the molecule is CCNC(C)(C#N)CCN1CC(C)OC(C)(C)C1. The molecule has 104 valence electrons. The molecule has 4 nitrogen and oxygen atoms in total. The summed E-state index contributed by atoms with van der Waals surface area (Å²) in [5, 5.41) is 12.5. The van der Waals surface area contributed by atoms with Crippen molar-refractivity contribution in [2.75, 3.05) is 26.2 Å². The number of nitrogens with zero attached hydrogens (tertiary/aromatic N) is 2. The van der Waals surface area contributed by atoms with Crippen LogP contribution >= 0.6 is 0 Å². The second-order valence-electron chi connectivity index (χ2n) is 6.15. The first-order valence-corrected chi connectivity index (χ1v) is 6.87. The Labute approximate surface area is 111 Å². The third-order valence-electron chi connectivity index (χ3n) is 3.38. The zero-order valence-electron chi connectivity index (χ0n) is 12.4. The summed E-state index contributed by atoms with van der Waals surface area (Å²) in [6, 6.07) is 2.38. The van der Waals surface area contributed by atoms with Crippen molar-refractivity contribution in [1.82, 2.24) is 10.2 Å². The first-order valence-electron chi connectivity index (χ1n) is 6.87. The normalized spacial score (nSPS) is 27.4. The van der Waals surface area contributed by atoms with Crippen LogP contribution in [0.15, 0.2) is 0 Å². The zero-order chi connectivity index (χ0) is 13.8. The highest BCUT2D eigenvalue weighted by Crippen LogP contribution is 2.21. The standard InChI is InChI=1S/C14H27N3O/c1-6-16-14(5,10-15)7-8-17-9-12(2)18-13(3,4)11-17/h12,16H,6-9,11H2,1-5H3. The number of ether oxygens (including phenoxy) is 1. The fraction of sp³-hybridized carbons (Fsp3) is 0.929. The van der Waals surface area contributed by atoms with E-state index in [1.54, 1.807) is 0 Å². The number of nitrogens with one attached hydrogen (secondary N) is 1. The fourth-order valence-corrected chi connectivity index (χ4v) is 2.71. The number of hydrogen-bond acceptors (Lipinski definition) is 4. The zero-order valence-corrected chi connectivity index (χ0v) is 12.4. The molecule has 4 heteroatoms. The second kappa shape index (κ2) is 6.01. The molecule has 1 saturated heterocycles. The van der Waals surface area contributed by atoms with Gasteiger partial charge in [-0.25, -0.2) is 0 Å². The molecule has 0 saturated carbocycles. The smallest absolute Gasteiger partial charge is 0.105 e. The van der Waals surface area contributed by atoms with E-state index in [-0.39, 0.29) is 11.7 Å². The minimum Gasteiger partial charge on any atom is -0.370 e. The first kappa shape index (κ1) is 15.4. The molecule has 1 rings (SSSR count). The van der Waals surface area contributed by atoms with Crippen LogP contribution in [0.4, 0.5) is 0 Å². The van der Waals surface area contributed by atoms with Gasteiger partial charge >= 0.3 is 0 Å². The van der Waals surface area contributed by atoms with E-state index in [0.717, 1.165) is 32.6 Å². The van der Waals surface area contributed by atoms with E-state index in [0.29, 0.717) is 0 Å². The van der Waals surface area contributed by atoms with Crippen LogP contribution in [0.25, 0.3) is 0 Å². The molecule has 2 unspecified atom stereocenters. The van der Waals surface area contributed by atoms with Crippen LogP contribution in [0.5, 0.6) is 0 Å². The molecule has 1 N–H and O–H groups in total. The Bertz CT molecular complexity index is 311. The van der Waals surface area contributed by atoms with Crippen LogP contribution in [-0.2, 0) is 4.74 Å². The average molecular weight is 253 g/mol. The lowest BCUT2D eigenvalue weighted by Crippen LogP contribution is -2.53. The molecular formula is C14H27N3O. The van der Waals surface area contributed by atoms with Crippen LogP contribution in [0.1, 0.15) is 41.0 Å². The molecule has 0 spiro atoms. The highest BCUT2D eigenvalue weighted by Gasteiger charge is 2.32. The van der Waals surface area contributed by atoms with Crippen molar-refractivity contribution in [3.05, 3.63) is 0 Å². The molecule has 1 aliphatic heterocycles. The van der Waals surface area contributed by atoms with Crippen molar-refractivity contribution in [2.24, 2.45) is 0 Å². The van der Waals surface area contributed by atoms with Gasteiger partial charge in [0.1, 0.15) is 5.54 Å². The third-order valence-corrected chi connectivity index (χ3v) is 3.38. The van der Waals surface area contributed by atoms with Crippen LogP contribution < -0.4 is 5.32 Å². The van der Waals surface area contributed by atoms with Gasteiger partial charge in [0.2, 0.25) is 0 Å². The van der Waals surface area contributed by atoms with Crippen LogP contribution in [0, 0.1) is 11.3 Å². The summed E-state index contributed by atoms with van der Waals surface area (Å²) in [5.41, 5.74) is -0.501. The Morgan fingerprint density at radius 3 is 2.72 bits per heavy atom. The Morgan fingerprint density at radius 1 is 1.56 bits per heavy atom. The van der Waals surface area contributed by atoms with Gasteiger partial charge in [-0.3, -0.25) is 10.2 Å². The minimum atomic E-state index is -0.416. The van der Waals surface area contributed by atoms with Gasteiger partial charge in [0.15, 0.2) is 0 Å². The molecule has 1 aliphatic rings. The molecule has 0 bridgehead atoms. The summed E-state index contributed by atoms with van der Waals surface area (Å²) in [5.74, 6) is 0. The monoisotopic (exact) mass is 253 g/mol. The topological polar surface area (TPSA) is 48.3 Å². The summed E-state index contributed by atoms with van der Waals surface area (Å²) >= 11 is 0. The van der Waals surface area contributed by atoms with Crippen LogP contribution in [-0.4, -0.2) is 48.3 Å². The van der Waals surface area contributed by atoms with E-state index in [9.17, 15) is 5.26 Å². The summed E-state index contributed by atoms with van der Waals surface area (Å²) in [6.07, 6.45) is 1.11. The maximum Gasteiger partial charge on any atom is 0.105 e. The number of rotatable bonds is 5.